The van der Waals surface area contributed by atoms with Gasteiger partial charge in [0.05, 0.1) is 20.2 Å². The first kappa shape index (κ1) is 18.0. The zero-order chi connectivity index (χ0) is 13.8. The van der Waals surface area contributed by atoms with Crippen LogP contribution in [0.2, 0.25) is 0 Å². The molecule has 0 spiro atoms. The van der Waals surface area contributed by atoms with Crippen molar-refractivity contribution in [2.45, 2.75) is 9.79 Å². The quantitative estimate of drug-likeness (QED) is 0.448. The maximum absolute atomic E-state index is 10.1. The smallest absolute Gasteiger partial charge is 0.754 e. The Morgan fingerprint density at radius 2 is 0.842 bits per heavy atom. The number of hydrogen-bond donors (Lipinski definition) is 0. The van der Waals surface area contributed by atoms with Gasteiger partial charge in [-0.3, -0.25) is 16.8 Å². The van der Waals surface area contributed by atoms with E-state index in [1.165, 1.54) is 48.5 Å². The second kappa shape index (κ2) is 6.99. The van der Waals surface area contributed by atoms with Gasteiger partial charge in [0.25, 0.3) is 0 Å². The molecule has 0 aromatic heterocycles. The van der Waals surface area contributed by atoms with E-state index in [0.29, 0.717) is 0 Å². The molecule has 9 heteroatoms. The van der Waals surface area contributed by atoms with Crippen molar-refractivity contribution in [1.82, 2.24) is 0 Å². The van der Waals surface area contributed by atoms with Crippen molar-refractivity contribution in [2.75, 3.05) is 0 Å². The van der Waals surface area contributed by atoms with E-state index in [9.17, 15) is 25.9 Å². The van der Waals surface area contributed by atoms with Crippen LogP contribution in [0.5, 0.6) is 0 Å². The van der Waals surface area contributed by atoms with Crippen molar-refractivity contribution in [2.24, 2.45) is 0 Å². The third kappa shape index (κ3) is 6.15. The Labute approximate surface area is 121 Å². The van der Waals surface area contributed by atoms with Crippen LogP contribution in [0.1, 0.15) is 0 Å². The van der Waals surface area contributed by atoms with Crippen molar-refractivity contribution in [3.63, 3.8) is 0 Å². The molecular weight excluding hydrogens is 336 g/mol. The molecule has 0 atom stereocenters. The van der Waals surface area contributed by atoms with E-state index in [1.807, 2.05) is 0 Å². The third-order valence-electron chi connectivity index (χ3n) is 1.84. The Hall–Kier alpha value is -0.961. The first-order chi connectivity index (χ1) is 8.21. The van der Waals surface area contributed by atoms with Crippen molar-refractivity contribution in [3.05, 3.63) is 48.5 Å². The average molecular weight is 344 g/mol. The fourth-order valence-corrected chi connectivity index (χ4v) is 2.03. The molecule has 2 aromatic carbocycles. The Kier molecular flexibility index (Phi) is 6.64. The summed E-state index contributed by atoms with van der Waals surface area (Å²) in [7, 11) is -8.42. The van der Waals surface area contributed by atoms with Gasteiger partial charge in [0.1, 0.15) is 0 Å². The van der Waals surface area contributed by atoms with Crippen molar-refractivity contribution < 1.29 is 43.0 Å². The summed E-state index contributed by atoms with van der Waals surface area (Å²) in [4.78, 5) is -0.329. The normalized spacial score (nSPS) is 11.1. The summed E-state index contributed by atoms with van der Waals surface area (Å²) in [6.07, 6.45) is 0. The SMILES string of the molecule is O=S(=O)([O-])[c-]1cccc1.O=S(=O)([O-])[c-]1cccc1.[Fe+4]. The predicted molar refractivity (Wildman–Crippen MR) is 60.0 cm³/mol. The first-order valence-electron chi connectivity index (χ1n) is 4.56. The van der Waals surface area contributed by atoms with E-state index < -0.39 is 20.2 Å². The van der Waals surface area contributed by atoms with E-state index in [0.717, 1.165) is 0 Å². The Morgan fingerprint density at radius 3 is 0.947 bits per heavy atom. The largest absolute Gasteiger partial charge is 4.00 e. The monoisotopic (exact) mass is 344 g/mol. The fraction of sp³-hybridized carbons (Fsp3) is 0. The van der Waals surface area contributed by atoms with Crippen LogP contribution in [0, 0.1) is 0 Å². The van der Waals surface area contributed by atoms with Crippen LogP contribution in [0.25, 0.3) is 0 Å². The van der Waals surface area contributed by atoms with Crippen LogP contribution >= 0.6 is 0 Å². The minimum Gasteiger partial charge on any atom is -0.754 e. The molecule has 6 nitrogen and oxygen atoms in total. The molecular formula is C10H8FeO6S2. The van der Waals surface area contributed by atoms with E-state index in [4.69, 9.17) is 0 Å². The molecule has 0 N–H and O–H groups in total. The van der Waals surface area contributed by atoms with Gasteiger partial charge in [-0.15, -0.1) is 0 Å². The Bertz CT molecular complexity index is 606. The molecule has 0 fully saturated rings. The summed E-state index contributed by atoms with van der Waals surface area (Å²) >= 11 is 0. The van der Waals surface area contributed by atoms with E-state index in [2.05, 4.69) is 0 Å². The maximum atomic E-state index is 10.1. The maximum Gasteiger partial charge on any atom is 4.00 e. The summed E-state index contributed by atoms with van der Waals surface area (Å²) in [5, 5.41) is 0. The van der Waals surface area contributed by atoms with Crippen LogP contribution in [-0.2, 0) is 37.3 Å². The molecule has 0 aliphatic rings. The van der Waals surface area contributed by atoms with Crippen LogP contribution in [0.3, 0.4) is 0 Å². The van der Waals surface area contributed by atoms with Gasteiger partial charge in [-0.1, -0.05) is 9.79 Å². The van der Waals surface area contributed by atoms with Crippen molar-refractivity contribution in [3.8, 4) is 0 Å². The minimum absolute atomic E-state index is 0. The van der Waals surface area contributed by atoms with Crippen LogP contribution in [0.15, 0.2) is 58.3 Å². The summed E-state index contributed by atoms with van der Waals surface area (Å²) in [5.41, 5.74) is 0. The van der Waals surface area contributed by atoms with Gasteiger partial charge in [-0.05, 0) is 0 Å². The number of hydrogen-bond acceptors (Lipinski definition) is 6. The third-order valence-corrected chi connectivity index (χ3v) is 3.54. The number of rotatable bonds is 2. The molecule has 0 saturated carbocycles. The van der Waals surface area contributed by atoms with Gasteiger partial charge in [0.15, 0.2) is 0 Å². The van der Waals surface area contributed by atoms with E-state index >= 15 is 0 Å². The van der Waals surface area contributed by atoms with Gasteiger partial charge in [-0.2, -0.15) is 24.3 Å². The molecule has 19 heavy (non-hydrogen) atoms. The van der Waals surface area contributed by atoms with E-state index in [1.54, 1.807) is 0 Å². The Balaban J connectivity index is 0.000000324. The first-order valence-corrected chi connectivity index (χ1v) is 7.38. The second-order valence-corrected chi connectivity index (χ2v) is 5.91. The molecule has 0 aliphatic heterocycles. The summed E-state index contributed by atoms with van der Waals surface area (Å²) < 4.78 is 60.8. The van der Waals surface area contributed by atoms with Gasteiger partial charge in [0.2, 0.25) is 0 Å². The molecule has 2 aromatic rings. The van der Waals surface area contributed by atoms with E-state index in [-0.39, 0.29) is 26.9 Å². The van der Waals surface area contributed by atoms with Gasteiger partial charge in [0, 0.05) is 0 Å². The molecule has 0 aliphatic carbocycles. The van der Waals surface area contributed by atoms with Crippen LogP contribution in [0.4, 0.5) is 0 Å². The van der Waals surface area contributed by atoms with Gasteiger partial charge < -0.3 is 9.11 Å². The summed E-state index contributed by atoms with van der Waals surface area (Å²) in [6.45, 7) is 0. The molecule has 0 unspecified atom stereocenters. The minimum atomic E-state index is -4.21. The molecule has 0 amide bonds. The van der Waals surface area contributed by atoms with Gasteiger partial charge >= 0.3 is 17.1 Å². The average Bonchev–Trinajstić information content (AvgIpc) is 2.91. The standard InChI is InChI=1S/2C5H5O3S.Fe/c2*6-9(7,8)5-3-1-2-4-5;/h2*1-4H,(H,6,7,8);/q2*-1;+4/p-2. The van der Waals surface area contributed by atoms with Crippen LogP contribution < -0.4 is 0 Å². The van der Waals surface area contributed by atoms with Gasteiger partial charge in [-0.25, -0.2) is 24.3 Å². The van der Waals surface area contributed by atoms with Crippen molar-refractivity contribution >= 4 is 20.2 Å². The molecule has 0 heterocycles. The topological polar surface area (TPSA) is 114 Å². The summed E-state index contributed by atoms with van der Waals surface area (Å²) in [5.74, 6) is 0. The molecule has 0 radical (unpaired) electrons. The Morgan fingerprint density at radius 1 is 0.632 bits per heavy atom. The zero-order valence-corrected chi connectivity index (χ0v) is 12.0. The zero-order valence-electron chi connectivity index (χ0n) is 9.24. The fourth-order valence-electron chi connectivity index (χ4n) is 1.05. The second-order valence-electron chi connectivity index (χ2n) is 3.15. The molecule has 2 rings (SSSR count). The summed E-state index contributed by atoms with van der Waals surface area (Å²) in [6, 6.07) is 11.1. The van der Waals surface area contributed by atoms with Crippen molar-refractivity contribution in [1.29, 1.82) is 0 Å². The van der Waals surface area contributed by atoms with Crippen LogP contribution in [-0.4, -0.2) is 25.9 Å². The molecule has 0 bridgehead atoms. The predicted octanol–water partition coefficient (Wildman–Crippen LogP) is 0.617. The molecule has 0 saturated heterocycles. The molecule has 104 valence electrons.